The molecule has 0 radical (unpaired) electrons. The predicted molar refractivity (Wildman–Crippen MR) is 146 cm³/mol. The van der Waals surface area contributed by atoms with Crippen LogP contribution in [0.15, 0.2) is 17.5 Å². The number of hydrogen-bond donors (Lipinski definition) is 3. The molecule has 0 spiro atoms. The zero-order valence-corrected chi connectivity index (χ0v) is 23.2. The lowest BCUT2D eigenvalue weighted by Gasteiger charge is -2.30. The number of amides is 3. The Kier molecular flexibility index (Phi) is 10.7. The number of hydrogen-bond acceptors (Lipinski definition) is 7. The van der Waals surface area contributed by atoms with Gasteiger partial charge >= 0.3 is 0 Å². The van der Waals surface area contributed by atoms with Gasteiger partial charge in [0.15, 0.2) is 5.69 Å². The standard InChI is InChI=1S/C26H39N5O3S2/c1-4-9-20(24(32)28-14-13-17(2)3)31(16-19-12-8-15-35-19)26(34)23-21(27)22(30-36-23)25(33)29-18-10-6-5-7-11-18/h8,12,15,17-18,20H,4-7,9-11,13-14,16,27H2,1-3H3,(H,28,32)(H,29,33)/t20-/m0/s1. The summed E-state index contributed by atoms with van der Waals surface area (Å²) in [6.45, 7) is 7.07. The van der Waals surface area contributed by atoms with Crippen LogP contribution in [0.2, 0.25) is 0 Å². The number of aromatic nitrogens is 1. The Morgan fingerprint density at radius 3 is 2.58 bits per heavy atom. The van der Waals surface area contributed by atoms with Crippen molar-refractivity contribution >= 4 is 46.3 Å². The fourth-order valence-electron chi connectivity index (χ4n) is 4.44. The van der Waals surface area contributed by atoms with E-state index < -0.39 is 6.04 Å². The Balaban J connectivity index is 1.83. The molecule has 1 fully saturated rings. The van der Waals surface area contributed by atoms with E-state index in [9.17, 15) is 14.4 Å². The second kappa shape index (κ2) is 13.7. The minimum absolute atomic E-state index is 0.0879. The summed E-state index contributed by atoms with van der Waals surface area (Å²) in [6.07, 6.45) is 7.40. The van der Waals surface area contributed by atoms with Crippen LogP contribution in [-0.2, 0) is 11.3 Å². The maximum Gasteiger partial charge on any atom is 0.273 e. The Morgan fingerprint density at radius 2 is 1.94 bits per heavy atom. The number of carbonyl (C=O) groups excluding carboxylic acids is 3. The van der Waals surface area contributed by atoms with E-state index in [1.54, 1.807) is 4.90 Å². The van der Waals surface area contributed by atoms with Crippen molar-refractivity contribution in [3.05, 3.63) is 33.0 Å². The van der Waals surface area contributed by atoms with E-state index in [2.05, 4.69) is 28.9 Å². The van der Waals surface area contributed by atoms with Crippen molar-refractivity contribution in [1.82, 2.24) is 19.9 Å². The number of nitrogens with two attached hydrogens (primary N) is 1. The van der Waals surface area contributed by atoms with Gasteiger partial charge in [0.25, 0.3) is 11.8 Å². The van der Waals surface area contributed by atoms with E-state index >= 15 is 0 Å². The Hall–Kier alpha value is -2.46. The van der Waals surface area contributed by atoms with Crippen molar-refractivity contribution in [2.45, 2.75) is 90.8 Å². The van der Waals surface area contributed by atoms with Crippen LogP contribution in [0.1, 0.15) is 97.2 Å². The SMILES string of the molecule is CCC[C@@H](C(=O)NCCC(C)C)N(Cc1cccs1)C(=O)c1snc(C(=O)NC2CCCCC2)c1N. The van der Waals surface area contributed by atoms with E-state index in [1.807, 2.05) is 24.4 Å². The van der Waals surface area contributed by atoms with E-state index in [1.165, 1.54) is 17.8 Å². The maximum atomic E-state index is 13.8. The van der Waals surface area contributed by atoms with Gasteiger partial charge in [-0.1, -0.05) is 52.5 Å². The summed E-state index contributed by atoms with van der Waals surface area (Å²) in [6, 6.07) is 3.35. The minimum Gasteiger partial charge on any atom is -0.395 e. The number of thiophene rings is 1. The smallest absolute Gasteiger partial charge is 0.273 e. The van der Waals surface area contributed by atoms with Gasteiger partial charge in [-0.15, -0.1) is 11.3 Å². The normalized spacial score (nSPS) is 15.0. The molecule has 3 amide bonds. The third-order valence-electron chi connectivity index (χ3n) is 6.51. The summed E-state index contributed by atoms with van der Waals surface area (Å²) >= 11 is 2.46. The highest BCUT2D eigenvalue weighted by molar-refractivity contribution is 7.10. The number of carbonyl (C=O) groups is 3. The molecule has 2 heterocycles. The second-order valence-corrected chi connectivity index (χ2v) is 11.7. The van der Waals surface area contributed by atoms with Crippen molar-refractivity contribution in [3.8, 4) is 0 Å². The zero-order chi connectivity index (χ0) is 26.1. The Morgan fingerprint density at radius 1 is 1.19 bits per heavy atom. The van der Waals surface area contributed by atoms with Crippen molar-refractivity contribution in [1.29, 1.82) is 0 Å². The highest BCUT2D eigenvalue weighted by atomic mass is 32.1. The van der Waals surface area contributed by atoms with Crippen LogP contribution in [0.3, 0.4) is 0 Å². The molecule has 4 N–H and O–H groups in total. The average molecular weight is 534 g/mol. The van der Waals surface area contributed by atoms with Crippen LogP contribution in [0.25, 0.3) is 0 Å². The summed E-state index contributed by atoms with van der Waals surface area (Å²) < 4.78 is 4.26. The van der Waals surface area contributed by atoms with Crippen molar-refractivity contribution in [3.63, 3.8) is 0 Å². The average Bonchev–Trinajstić information content (AvgIpc) is 3.50. The molecular formula is C26H39N5O3S2. The number of nitrogen functional groups attached to an aromatic ring is 1. The molecule has 2 aromatic heterocycles. The molecule has 0 aliphatic heterocycles. The van der Waals surface area contributed by atoms with Gasteiger partial charge in [0, 0.05) is 17.5 Å². The molecule has 198 valence electrons. The van der Waals surface area contributed by atoms with E-state index in [0.29, 0.717) is 25.4 Å². The summed E-state index contributed by atoms with van der Waals surface area (Å²) in [7, 11) is 0. The second-order valence-electron chi connectivity index (χ2n) is 9.87. The zero-order valence-electron chi connectivity index (χ0n) is 21.5. The molecule has 2 aromatic rings. The first-order valence-corrected chi connectivity index (χ1v) is 14.6. The van der Waals surface area contributed by atoms with Crippen molar-refractivity contribution in [2.24, 2.45) is 5.92 Å². The molecule has 10 heteroatoms. The number of nitrogens with zero attached hydrogens (tertiary/aromatic N) is 2. The molecule has 0 unspecified atom stereocenters. The first kappa shape index (κ1) is 28.1. The molecule has 0 bridgehead atoms. The first-order valence-electron chi connectivity index (χ1n) is 13.0. The lowest BCUT2D eigenvalue weighted by Crippen LogP contribution is -2.49. The highest BCUT2D eigenvalue weighted by Crippen LogP contribution is 2.28. The maximum absolute atomic E-state index is 13.8. The van der Waals surface area contributed by atoms with Gasteiger partial charge in [-0.3, -0.25) is 14.4 Å². The summed E-state index contributed by atoms with van der Waals surface area (Å²) in [5.41, 5.74) is 6.51. The van der Waals surface area contributed by atoms with E-state index in [-0.39, 0.29) is 40.0 Å². The molecule has 1 aliphatic carbocycles. The minimum atomic E-state index is -0.641. The Bertz CT molecular complexity index is 999. The number of rotatable bonds is 12. The summed E-state index contributed by atoms with van der Waals surface area (Å²) in [5.74, 6) is -0.404. The highest BCUT2D eigenvalue weighted by Gasteiger charge is 2.34. The third kappa shape index (κ3) is 7.52. The Labute approximate surface area is 222 Å². The first-order chi connectivity index (χ1) is 17.3. The van der Waals surface area contributed by atoms with Crippen LogP contribution in [-0.4, -0.2) is 45.6 Å². The molecule has 0 aromatic carbocycles. The van der Waals surface area contributed by atoms with Gasteiger partial charge in [-0.25, -0.2) is 0 Å². The lowest BCUT2D eigenvalue weighted by molar-refractivity contribution is -0.126. The van der Waals surface area contributed by atoms with Crippen LogP contribution in [0.5, 0.6) is 0 Å². The van der Waals surface area contributed by atoms with Gasteiger partial charge in [-0.05, 0) is 54.6 Å². The van der Waals surface area contributed by atoms with Gasteiger partial charge in [0.05, 0.1) is 12.2 Å². The number of anilines is 1. The molecule has 8 nitrogen and oxygen atoms in total. The molecule has 3 rings (SSSR count). The van der Waals surface area contributed by atoms with Crippen LogP contribution in [0.4, 0.5) is 5.69 Å². The van der Waals surface area contributed by atoms with E-state index in [0.717, 1.165) is 54.9 Å². The summed E-state index contributed by atoms with van der Waals surface area (Å²) in [4.78, 5) is 42.7. The lowest BCUT2D eigenvalue weighted by atomic mass is 9.95. The topological polar surface area (TPSA) is 117 Å². The van der Waals surface area contributed by atoms with Crippen LogP contribution >= 0.6 is 22.9 Å². The monoisotopic (exact) mass is 533 g/mol. The molecule has 36 heavy (non-hydrogen) atoms. The molecule has 0 saturated heterocycles. The van der Waals surface area contributed by atoms with Gasteiger partial charge in [0.2, 0.25) is 5.91 Å². The fourth-order valence-corrected chi connectivity index (χ4v) is 5.90. The molecule has 1 atom stereocenters. The largest absolute Gasteiger partial charge is 0.395 e. The van der Waals surface area contributed by atoms with Crippen LogP contribution < -0.4 is 16.4 Å². The van der Waals surface area contributed by atoms with Crippen molar-refractivity contribution < 1.29 is 14.4 Å². The fraction of sp³-hybridized carbons (Fsp3) is 0.615. The van der Waals surface area contributed by atoms with Gasteiger partial charge < -0.3 is 21.3 Å². The van der Waals surface area contributed by atoms with Gasteiger partial charge in [-0.2, -0.15) is 4.37 Å². The molecule has 1 aliphatic rings. The quantitative estimate of drug-likeness (QED) is 0.361. The van der Waals surface area contributed by atoms with Gasteiger partial charge in [0.1, 0.15) is 10.9 Å². The van der Waals surface area contributed by atoms with Crippen molar-refractivity contribution in [2.75, 3.05) is 12.3 Å². The van der Waals surface area contributed by atoms with Crippen LogP contribution in [0, 0.1) is 5.92 Å². The number of nitrogens with one attached hydrogen (secondary N) is 2. The molecular weight excluding hydrogens is 494 g/mol. The summed E-state index contributed by atoms with van der Waals surface area (Å²) in [5, 5.41) is 7.99. The van der Waals surface area contributed by atoms with E-state index in [4.69, 9.17) is 5.73 Å². The third-order valence-corrected chi connectivity index (χ3v) is 8.22. The predicted octanol–water partition coefficient (Wildman–Crippen LogP) is 4.82. The molecule has 1 saturated carbocycles.